The highest BCUT2D eigenvalue weighted by Crippen LogP contribution is 2.31. The van der Waals surface area contributed by atoms with Gasteiger partial charge < -0.3 is 19.2 Å². The summed E-state index contributed by atoms with van der Waals surface area (Å²) in [4.78, 5) is 14.7. The van der Waals surface area contributed by atoms with Crippen LogP contribution in [0.5, 0.6) is 0 Å². The molecule has 0 saturated heterocycles. The maximum atomic E-state index is 13.8. The van der Waals surface area contributed by atoms with E-state index < -0.39 is 24.3 Å². The molecule has 0 radical (unpaired) electrons. The first-order valence-electron chi connectivity index (χ1n) is 6.78. The highest BCUT2D eigenvalue weighted by molar-refractivity contribution is 5.76. The standard InChI is InChI=1S/C15H13FN2O5/c1-6-14(7(2)23-18-6)15(21)12-4-10-11(22-12)3-8(16)9(17-10)5-13(19)20/h3-4,15,21H,5H2,1-2H3,(H,19,20). The molecular formula is C15H13FN2O5. The van der Waals surface area contributed by atoms with Gasteiger partial charge in [0.05, 0.1) is 23.4 Å². The third kappa shape index (κ3) is 2.68. The van der Waals surface area contributed by atoms with Crippen molar-refractivity contribution in [2.75, 3.05) is 0 Å². The monoisotopic (exact) mass is 320 g/mol. The Balaban J connectivity index is 2.05. The van der Waals surface area contributed by atoms with Crippen molar-refractivity contribution in [1.29, 1.82) is 0 Å². The number of nitrogens with zero attached hydrogens (tertiary/aromatic N) is 2. The number of rotatable bonds is 4. The van der Waals surface area contributed by atoms with Crippen LogP contribution in [0.2, 0.25) is 0 Å². The number of aliphatic carboxylic acids is 1. The number of aryl methyl sites for hydroxylation is 2. The van der Waals surface area contributed by atoms with Gasteiger partial charge in [0.1, 0.15) is 29.0 Å². The third-order valence-corrected chi connectivity index (χ3v) is 3.50. The summed E-state index contributed by atoms with van der Waals surface area (Å²) < 4.78 is 24.3. The predicted octanol–water partition coefficient (Wildman–Crippen LogP) is 2.28. The van der Waals surface area contributed by atoms with E-state index in [4.69, 9.17) is 14.0 Å². The smallest absolute Gasteiger partial charge is 0.309 e. The van der Waals surface area contributed by atoms with Crippen LogP contribution in [0.1, 0.15) is 34.6 Å². The largest absolute Gasteiger partial charge is 0.481 e. The summed E-state index contributed by atoms with van der Waals surface area (Å²) in [7, 11) is 0. The summed E-state index contributed by atoms with van der Waals surface area (Å²) in [5.41, 5.74) is 1.18. The number of carbonyl (C=O) groups is 1. The zero-order chi connectivity index (χ0) is 16.7. The van der Waals surface area contributed by atoms with E-state index in [1.165, 1.54) is 6.07 Å². The average molecular weight is 320 g/mol. The zero-order valence-corrected chi connectivity index (χ0v) is 12.3. The first kappa shape index (κ1) is 15.2. The fourth-order valence-corrected chi connectivity index (χ4v) is 2.43. The summed E-state index contributed by atoms with van der Waals surface area (Å²) >= 11 is 0. The lowest BCUT2D eigenvalue weighted by molar-refractivity contribution is -0.136. The second-order valence-corrected chi connectivity index (χ2v) is 5.16. The molecule has 1 atom stereocenters. The van der Waals surface area contributed by atoms with E-state index in [0.717, 1.165) is 6.07 Å². The third-order valence-electron chi connectivity index (χ3n) is 3.50. The molecule has 0 aliphatic heterocycles. The number of carboxylic acids is 1. The maximum absolute atomic E-state index is 13.8. The van der Waals surface area contributed by atoms with E-state index >= 15 is 0 Å². The van der Waals surface area contributed by atoms with Crippen molar-refractivity contribution in [3.63, 3.8) is 0 Å². The van der Waals surface area contributed by atoms with Gasteiger partial charge in [-0.3, -0.25) is 4.79 Å². The molecule has 3 aromatic rings. The van der Waals surface area contributed by atoms with Crippen LogP contribution in [-0.4, -0.2) is 26.3 Å². The Bertz CT molecular complexity index is 879. The minimum Gasteiger partial charge on any atom is -0.481 e. The zero-order valence-electron chi connectivity index (χ0n) is 12.3. The van der Waals surface area contributed by atoms with Crippen LogP contribution in [0.15, 0.2) is 21.1 Å². The maximum Gasteiger partial charge on any atom is 0.309 e. The van der Waals surface area contributed by atoms with Crippen molar-refractivity contribution in [2.45, 2.75) is 26.4 Å². The lowest BCUT2D eigenvalue weighted by atomic mass is 10.1. The summed E-state index contributed by atoms with van der Waals surface area (Å²) in [6.45, 7) is 3.34. The van der Waals surface area contributed by atoms with E-state index in [9.17, 15) is 14.3 Å². The minimum atomic E-state index is -1.18. The lowest BCUT2D eigenvalue weighted by Crippen LogP contribution is -2.04. The molecule has 0 aliphatic carbocycles. The molecule has 0 aromatic carbocycles. The van der Waals surface area contributed by atoms with Gasteiger partial charge in [-0.1, -0.05) is 5.16 Å². The Hall–Kier alpha value is -2.74. The van der Waals surface area contributed by atoms with Crippen LogP contribution in [0, 0.1) is 19.7 Å². The summed E-state index contributed by atoms with van der Waals surface area (Å²) in [6.07, 6.45) is -1.67. The molecule has 0 saturated carbocycles. The molecular weight excluding hydrogens is 307 g/mol. The number of aliphatic hydroxyl groups excluding tert-OH is 1. The van der Waals surface area contributed by atoms with Crippen molar-refractivity contribution in [2.24, 2.45) is 0 Å². The van der Waals surface area contributed by atoms with E-state index in [-0.39, 0.29) is 22.6 Å². The molecule has 3 aromatic heterocycles. The summed E-state index contributed by atoms with van der Waals surface area (Å²) in [5.74, 6) is -1.36. The Kier molecular flexibility index (Phi) is 3.61. The number of carboxylic acid groups (broad SMARTS) is 1. The molecule has 2 N–H and O–H groups in total. The van der Waals surface area contributed by atoms with E-state index in [1.54, 1.807) is 13.8 Å². The van der Waals surface area contributed by atoms with Crippen LogP contribution < -0.4 is 0 Å². The van der Waals surface area contributed by atoms with Crippen molar-refractivity contribution in [1.82, 2.24) is 10.1 Å². The number of pyridine rings is 1. The van der Waals surface area contributed by atoms with Crippen LogP contribution >= 0.6 is 0 Å². The Morgan fingerprint density at radius 3 is 2.74 bits per heavy atom. The number of fused-ring (bicyclic) bond motifs is 1. The summed E-state index contributed by atoms with van der Waals surface area (Å²) in [6, 6.07) is 2.50. The lowest BCUT2D eigenvalue weighted by Gasteiger charge is -2.06. The Morgan fingerprint density at radius 2 is 2.13 bits per heavy atom. The number of halogens is 1. The predicted molar refractivity (Wildman–Crippen MR) is 75.3 cm³/mol. The topological polar surface area (TPSA) is 110 Å². The van der Waals surface area contributed by atoms with Gasteiger partial charge in [0.15, 0.2) is 5.58 Å². The molecule has 0 spiro atoms. The van der Waals surface area contributed by atoms with Crippen molar-refractivity contribution >= 4 is 17.1 Å². The van der Waals surface area contributed by atoms with Gasteiger partial charge in [-0.05, 0) is 13.8 Å². The van der Waals surface area contributed by atoms with Crippen molar-refractivity contribution < 1.29 is 28.3 Å². The van der Waals surface area contributed by atoms with Crippen LogP contribution in [0.4, 0.5) is 4.39 Å². The summed E-state index contributed by atoms with van der Waals surface area (Å²) in [5, 5.41) is 22.9. The van der Waals surface area contributed by atoms with Crippen molar-refractivity contribution in [3.05, 3.63) is 46.4 Å². The van der Waals surface area contributed by atoms with Crippen molar-refractivity contribution in [3.8, 4) is 0 Å². The number of furan rings is 1. The van der Waals surface area contributed by atoms with Crippen LogP contribution in [-0.2, 0) is 11.2 Å². The molecule has 0 aliphatic rings. The van der Waals surface area contributed by atoms with Crippen LogP contribution in [0.3, 0.4) is 0 Å². The fraction of sp³-hybridized carbons (Fsp3) is 0.267. The second-order valence-electron chi connectivity index (χ2n) is 5.16. The molecule has 8 heteroatoms. The average Bonchev–Trinajstić information content (AvgIpc) is 3.01. The highest BCUT2D eigenvalue weighted by Gasteiger charge is 2.24. The van der Waals surface area contributed by atoms with Gasteiger partial charge in [0.2, 0.25) is 0 Å². The molecule has 1 unspecified atom stereocenters. The van der Waals surface area contributed by atoms with Gasteiger partial charge in [-0.25, -0.2) is 9.37 Å². The fourth-order valence-electron chi connectivity index (χ4n) is 2.43. The van der Waals surface area contributed by atoms with Gasteiger partial charge in [0.25, 0.3) is 0 Å². The Labute approximate surface area is 129 Å². The quantitative estimate of drug-likeness (QED) is 0.758. The minimum absolute atomic E-state index is 0.123. The molecule has 3 rings (SSSR count). The molecule has 3 heterocycles. The number of aromatic nitrogens is 2. The van der Waals surface area contributed by atoms with E-state index in [1.807, 2.05) is 0 Å². The number of aliphatic hydroxyl groups is 1. The highest BCUT2D eigenvalue weighted by atomic mass is 19.1. The van der Waals surface area contributed by atoms with E-state index in [0.29, 0.717) is 17.0 Å². The van der Waals surface area contributed by atoms with Gasteiger partial charge >= 0.3 is 5.97 Å². The SMILES string of the molecule is Cc1noc(C)c1C(O)c1cc2nc(CC(=O)O)c(F)cc2o1. The normalized spacial score (nSPS) is 12.7. The van der Waals surface area contributed by atoms with Crippen LogP contribution in [0.25, 0.3) is 11.1 Å². The number of hydrogen-bond acceptors (Lipinski definition) is 6. The first-order valence-corrected chi connectivity index (χ1v) is 6.78. The first-order chi connectivity index (χ1) is 10.9. The van der Waals surface area contributed by atoms with Gasteiger partial charge in [-0.15, -0.1) is 0 Å². The van der Waals surface area contributed by atoms with Gasteiger partial charge in [0, 0.05) is 12.1 Å². The second kappa shape index (κ2) is 5.47. The van der Waals surface area contributed by atoms with Gasteiger partial charge in [-0.2, -0.15) is 0 Å². The molecule has 0 amide bonds. The Morgan fingerprint density at radius 1 is 1.39 bits per heavy atom. The molecule has 7 nitrogen and oxygen atoms in total. The number of hydrogen-bond donors (Lipinski definition) is 2. The molecule has 0 fully saturated rings. The van der Waals surface area contributed by atoms with E-state index in [2.05, 4.69) is 10.1 Å². The molecule has 0 bridgehead atoms. The molecule has 23 heavy (non-hydrogen) atoms. The molecule has 120 valence electrons.